The molecule has 1 N–H and O–H groups in total. The topological polar surface area (TPSA) is 99.1 Å². The highest BCUT2D eigenvalue weighted by Gasteiger charge is 2.54. The van der Waals surface area contributed by atoms with Crippen molar-refractivity contribution in [2.24, 2.45) is 0 Å². The second-order valence-electron chi connectivity index (χ2n) is 10.8. The van der Waals surface area contributed by atoms with E-state index in [9.17, 15) is 30.8 Å². The summed E-state index contributed by atoms with van der Waals surface area (Å²) >= 11 is 0. The van der Waals surface area contributed by atoms with Crippen LogP contribution in [0.15, 0.2) is 87.5 Å². The smallest absolute Gasteiger partial charge is 0.421 e. The minimum atomic E-state index is -6.02. The normalized spacial score (nSPS) is 17.8. The van der Waals surface area contributed by atoms with Crippen molar-refractivity contribution in [1.29, 1.82) is 0 Å². The highest BCUT2D eigenvalue weighted by molar-refractivity contribution is 7.97. The summed E-state index contributed by atoms with van der Waals surface area (Å²) in [6.07, 6.45) is 0. The molecule has 226 valence electrons. The molecule has 1 fully saturated rings. The van der Waals surface area contributed by atoms with Crippen molar-refractivity contribution in [1.82, 2.24) is 0 Å². The molecule has 0 amide bonds. The van der Waals surface area contributed by atoms with Crippen molar-refractivity contribution in [3.8, 4) is 5.75 Å². The van der Waals surface area contributed by atoms with Gasteiger partial charge in [0.2, 0.25) is 0 Å². The van der Waals surface area contributed by atoms with Gasteiger partial charge in [-0.2, -0.15) is 17.2 Å². The molecule has 0 saturated carbocycles. The number of alkyl halides is 4. The first-order valence-electron chi connectivity index (χ1n) is 12.6. The van der Waals surface area contributed by atoms with Gasteiger partial charge in [-0.05, 0) is 60.4 Å². The molecule has 0 aliphatic carbocycles. The van der Waals surface area contributed by atoms with Gasteiger partial charge in [0.1, 0.15) is 19.0 Å². The summed E-state index contributed by atoms with van der Waals surface area (Å²) in [7, 11) is -6.86. The van der Waals surface area contributed by atoms with E-state index in [1.165, 1.54) is 24.3 Å². The van der Waals surface area contributed by atoms with Gasteiger partial charge in [0, 0.05) is 11.6 Å². The number of esters is 1. The van der Waals surface area contributed by atoms with E-state index >= 15 is 0 Å². The number of hydrogen-bond acceptors (Lipinski definition) is 6. The Hall–Kier alpha value is -2.97. The molecule has 7 nitrogen and oxygen atoms in total. The summed E-state index contributed by atoms with van der Waals surface area (Å²) in [4.78, 5) is 14.0. The van der Waals surface area contributed by atoms with Crippen molar-refractivity contribution < 1.29 is 49.5 Å². The van der Waals surface area contributed by atoms with Crippen molar-refractivity contribution in [3.63, 3.8) is 0 Å². The van der Waals surface area contributed by atoms with Gasteiger partial charge >= 0.3 is 21.3 Å². The Morgan fingerprint density at radius 3 is 1.93 bits per heavy atom. The maximum absolute atomic E-state index is 13.7. The first kappa shape index (κ1) is 32.0. The standard InChI is InChI=1S/C29H28F4O7S2/c1-26(2,3)19-8-12-22(13-9-19)41(23-14-10-21(11-15-23)40-25(34)29(32,33)42(35,36)37)24-7-5-6-20(16-24)27(4)38-17-28(30,31)18-39-27/h5-16H,17-18H2,1-4H3/p+1. The van der Waals surface area contributed by atoms with Gasteiger partial charge < -0.3 is 14.2 Å². The van der Waals surface area contributed by atoms with Gasteiger partial charge in [-0.25, -0.2) is 13.6 Å². The molecule has 0 radical (unpaired) electrons. The number of carbonyl (C=O) groups is 1. The van der Waals surface area contributed by atoms with Crippen LogP contribution in [0.4, 0.5) is 17.6 Å². The molecule has 1 unspecified atom stereocenters. The maximum Gasteiger partial charge on any atom is 0.466 e. The average Bonchev–Trinajstić information content (AvgIpc) is 2.91. The second-order valence-corrected chi connectivity index (χ2v) is 14.3. The highest BCUT2D eigenvalue weighted by Crippen LogP contribution is 2.39. The molecule has 3 aromatic carbocycles. The monoisotopic (exact) mass is 629 g/mol. The summed E-state index contributed by atoms with van der Waals surface area (Å²) < 4.78 is 101. The molecule has 4 rings (SSSR count). The minimum absolute atomic E-state index is 0.112. The Labute approximate surface area is 243 Å². The average molecular weight is 630 g/mol. The Morgan fingerprint density at radius 1 is 0.905 bits per heavy atom. The summed E-state index contributed by atoms with van der Waals surface area (Å²) in [6.45, 7) is 6.18. The molecule has 42 heavy (non-hydrogen) atoms. The number of carbonyl (C=O) groups excluding carboxylic acids is 1. The molecule has 0 bridgehead atoms. The zero-order valence-corrected chi connectivity index (χ0v) is 24.7. The molecular formula is C29H29F4O7S2+. The molecule has 1 aliphatic rings. The first-order chi connectivity index (χ1) is 19.3. The predicted molar refractivity (Wildman–Crippen MR) is 147 cm³/mol. The van der Waals surface area contributed by atoms with E-state index in [1.54, 1.807) is 25.1 Å². The van der Waals surface area contributed by atoms with Crippen LogP contribution in [0.25, 0.3) is 0 Å². The second kappa shape index (κ2) is 11.3. The number of rotatable bonds is 7. The molecule has 1 heterocycles. The Bertz CT molecular complexity index is 1540. The number of hydrogen-bond donors (Lipinski definition) is 1. The quantitative estimate of drug-likeness (QED) is 0.107. The van der Waals surface area contributed by atoms with Gasteiger partial charge in [0.15, 0.2) is 20.5 Å². The fraction of sp³-hybridized carbons (Fsp3) is 0.345. The van der Waals surface area contributed by atoms with E-state index in [-0.39, 0.29) is 11.2 Å². The van der Waals surface area contributed by atoms with E-state index in [0.717, 1.165) is 15.4 Å². The van der Waals surface area contributed by atoms with Gasteiger partial charge in [-0.3, -0.25) is 4.55 Å². The summed E-state index contributed by atoms with van der Waals surface area (Å²) in [5, 5.41) is -5.14. The molecule has 0 spiro atoms. The van der Waals surface area contributed by atoms with Crippen LogP contribution >= 0.6 is 0 Å². The van der Waals surface area contributed by atoms with Crippen LogP contribution in [0, 0.1) is 0 Å². The van der Waals surface area contributed by atoms with E-state index < -0.39 is 57.2 Å². The molecule has 13 heteroatoms. The van der Waals surface area contributed by atoms with Crippen molar-refractivity contribution in [2.75, 3.05) is 13.2 Å². The third kappa shape index (κ3) is 6.81. The Morgan fingerprint density at radius 2 is 1.43 bits per heavy atom. The van der Waals surface area contributed by atoms with E-state index in [2.05, 4.69) is 25.5 Å². The summed E-state index contributed by atoms with van der Waals surface area (Å²) in [6, 6.07) is 20.4. The Kier molecular flexibility index (Phi) is 8.57. The molecule has 1 aliphatic heterocycles. The zero-order chi connectivity index (χ0) is 31.1. The molecule has 1 saturated heterocycles. The minimum Gasteiger partial charge on any atom is -0.421 e. The van der Waals surface area contributed by atoms with Crippen molar-refractivity contribution in [3.05, 3.63) is 83.9 Å². The first-order valence-corrected chi connectivity index (χ1v) is 15.3. The fourth-order valence-corrected chi connectivity index (χ4v) is 6.40. The van der Waals surface area contributed by atoms with Crippen LogP contribution in [0.3, 0.4) is 0 Å². The molecule has 0 aromatic heterocycles. The lowest BCUT2D eigenvalue weighted by atomic mass is 9.87. The van der Waals surface area contributed by atoms with Crippen LogP contribution in [0.5, 0.6) is 5.75 Å². The van der Waals surface area contributed by atoms with Gasteiger partial charge in [0.25, 0.3) is 5.92 Å². The van der Waals surface area contributed by atoms with E-state index in [1.807, 2.05) is 30.3 Å². The third-order valence-corrected chi connectivity index (χ3v) is 9.53. The number of ether oxygens (including phenoxy) is 3. The lowest BCUT2D eigenvalue weighted by Gasteiger charge is -2.37. The SMILES string of the molecule is CC(C)(C)c1ccc([S+](c2ccc(OC(=O)C(F)(F)S(=O)(=O)O)cc2)c2cccc(C3(C)OCC(F)(F)CO3)c2)cc1. The largest absolute Gasteiger partial charge is 0.466 e. The number of halogens is 4. The van der Waals surface area contributed by atoms with Crippen LogP contribution in [0.1, 0.15) is 38.8 Å². The van der Waals surface area contributed by atoms with Crippen molar-refractivity contribution >= 4 is 27.0 Å². The van der Waals surface area contributed by atoms with Crippen LogP contribution in [-0.4, -0.2) is 43.3 Å². The summed E-state index contributed by atoms with van der Waals surface area (Å²) in [5.74, 6) is -7.34. The van der Waals surface area contributed by atoms with Crippen molar-refractivity contribution in [2.45, 2.75) is 64.8 Å². The lowest BCUT2D eigenvalue weighted by Crippen LogP contribution is -2.46. The van der Waals surface area contributed by atoms with E-state index in [4.69, 9.17) is 14.0 Å². The predicted octanol–water partition coefficient (Wildman–Crippen LogP) is 6.32. The van der Waals surface area contributed by atoms with Gasteiger partial charge in [-0.1, -0.05) is 45.0 Å². The number of benzene rings is 3. The maximum atomic E-state index is 13.7. The molecular weight excluding hydrogens is 600 g/mol. The van der Waals surface area contributed by atoms with Crippen LogP contribution < -0.4 is 4.74 Å². The van der Waals surface area contributed by atoms with Crippen LogP contribution in [0.2, 0.25) is 0 Å². The van der Waals surface area contributed by atoms with E-state index in [0.29, 0.717) is 10.5 Å². The van der Waals surface area contributed by atoms with Gasteiger partial charge in [-0.15, -0.1) is 0 Å². The van der Waals surface area contributed by atoms with Crippen LogP contribution in [-0.2, 0) is 46.5 Å². The molecule has 3 aromatic rings. The lowest BCUT2D eigenvalue weighted by molar-refractivity contribution is -0.328. The highest BCUT2D eigenvalue weighted by atomic mass is 32.2. The third-order valence-electron chi connectivity index (χ3n) is 6.50. The summed E-state index contributed by atoms with van der Waals surface area (Å²) in [5.41, 5.74) is 1.49. The molecule has 1 atom stereocenters. The fourth-order valence-electron chi connectivity index (χ4n) is 4.06. The zero-order valence-electron chi connectivity index (χ0n) is 23.1. The Balaban J connectivity index is 1.72. The van der Waals surface area contributed by atoms with Gasteiger partial charge in [0.05, 0.1) is 10.9 Å².